The number of benzene rings is 1. The van der Waals surface area contributed by atoms with Crippen LogP contribution in [0.2, 0.25) is 0 Å². The lowest BCUT2D eigenvalue weighted by molar-refractivity contribution is 0.428. The highest BCUT2D eigenvalue weighted by atomic mass is 16.5. The van der Waals surface area contributed by atoms with Crippen molar-refractivity contribution in [3.05, 3.63) is 67.0 Å². The SMILES string of the molecule is C=C/C=C\C(=C)c1noc(-c2ccc(C)cc2)n1. The van der Waals surface area contributed by atoms with Gasteiger partial charge in [0.05, 0.1) is 0 Å². The average molecular weight is 238 g/mol. The van der Waals surface area contributed by atoms with Crippen LogP contribution >= 0.6 is 0 Å². The first-order chi connectivity index (χ1) is 8.70. The number of hydrogen-bond acceptors (Lipinski definition) is 3. The molecule has 0 aliphatic rings. The Bertz CT molecular complexity index is 591. The minimum Gasteiger partial charge on any atom is -0.334 e. The Hall–Kier alpha value is -2.42. The molecular formula is C15H14N2O. The molecule has 0 aliphatic heterocycles. The summed E-state index contributed by atoms with van der Waals surface area (Å²) >= 11 is 0. The maximum Gasteiger partial charge on any atom is 0.258 e. The summed E-state index contributed by atoms with van der Waals surface area (Å²) in [6, 6.07) is 7.92. The normalized spacial score (nSPS) is 10.7. The van der Waals surface area contributed by atoms with Crippen LogP contribution in [-0.2, 0) is 0 Å². The van der Waals surface area contributed by atoms with Gasteiger partial charge in [0.15, 0.2) is 0 Å². The molecule has 1 heterocycles. The molecule has 1 aromatic heterocycles. The van der Waals surface area contributed by atoms with E-state index in [-0.39, 0.29) is 0 Å². The standard InChI is InChI=1S/C15H14N2O/c1-4-5-6-12(3)14-16-15(18-17-14)13-9-7-11(2)8-10-13/h4-10H,1,3H2,2H3/b6-5-. The molecule has 0 atom stereocenters. The van der Waals surface area contributed by atoms with E-state index in [9.17, 15) is 0 Å². The van der Waals surface area contributed by atoms with Crippen molar-refractivity contribution in [2.45, 2.75) is 6.92 Å². The number of hydrogen-bond donors (Lipinski definition) is 0. The molecule has 0 unspecified atom stereocenters. The van der Waals surface area contributed by atoms with Crippen LogP contribution in [0.15, 0.2) is 60.2 Å². The number of allylic oxidation sites excluding steroid dienone is 4. The number of aromatic nitrogens is 2. The molecule has 0 saturated carbocycles. The van der Waals surface area contributed by atoms with E-state index in [0.29, 0.717) is 17.3 Å². The Kier molecular flexibility index (Phi) is 3.53. The second kappa shape index (κ2) is 5.27. The molecule has 2 rings (SSSR count). The summed E-state index contributed by atoms with van der Waals surface area (Å²) in [5.74, 6) is 0.988. The van der Waals surface area contributed by atoms with Crippen LogP contribution < -0.4 is 0 Å². The fraction of sp³-hybridized carbons (Fsp3) is 0.0667. The van der Waals surface area contributed by atoms with Gasteiger partial charge in [-0.1, -0.05) is 54.2 Å². The molecule has 18 heavy (non-hydrogen) atoms. The Balaban J connectivity index is 2.25. The van der Waals surface area contributed by atoms with Gasteiger partial charge in [-0.25, -0.2) is 0 Å². The average Bonchev–Trinajstić information content (AvgIpc) is 2.86. The number of nitrogens with zero attached hydrogens (tertiary/aromatic N) is 2. The molecule has 1 aromatic carbocycles. The maximum atomic E-state index is 5.21. The van der Waals surface area contributed by atoms with Gasteiger partial charge < -0.3 is 4.52 Å². The molecule has 2 aromatic rings. The number of rotatable bonds is 4. The zero-order valence-electron chi connectivity index (χ0n) is 10.3. The molecule has 0 spiro atoms. The zero-order chi connectivity index (χ0) is 13.0. The van der Waals surface area contributed by atoms with Crippen molar-refractivity contribution >= 4 is 5.57 Å². The van der Waals surface area contributed by atoms with Gasteiger partial charge in [0, 0.05) is 11.1 Å². The Morgan fingerprint density at radius 3 is 2.67 bits per heavy atom. The van der Waals surface area contributed by atoms with Gasteiger partial charge in [-0.3, -0.25) is 0 Å². The first kappa shape index (κ1) is 12.0. The van der Waals surface area contributed by atoms with E-state index < -0.39 is 0 Å². The molecule has 3 nitrogen and oxygen atoms in total. The van der Waals surface area contributed by atoms with Crippen molar-refractivity contribution in [2.75, 3.05) is 0 Å². The second-order valence-electron chi connectivity index (χ2n) is 3.91. The van der Waals surface area contributed by atoms with E-state index in [2.05, 4.69) is 23.3 Å². The van der Waals surface area contributed by atoms with Crippen LogP contribution in [0.25, 0.3) is 17.0 Å². The third-order valence-corrected chi connectivity index (χ3v) is 2.45. The summed E-state index contributed by atoms with van der Waals surface area (Å²) in [4.78, 5) is 4.30. The minimum absolute atomic E-state index is 0.490. The topological polar surface area (TPSA) is 38.9 Å². The highest BCUT2D eigenvalue weighted by Crippen LogP contribution is 2.20. The fourth-order valence-corrected chi connectivity index (χ4v) is 1.43. The van der Waals surface area contributed by atoms with Crippen LogP contribution in [0.1, 0.15) is 11.4 Å². The zero-order valence-corrected chi connectivity index (χ0v) is 10.3. The summed E-state index contributed by atoms with van der Waals surface area (Å²) in [5.41, 5.74) is 2.79. The fourth-order valence-electron chi connectivity index (χ4n) is 1.43. The van der Waals surface area contributed by atoms with Crippen LogP contribution in [0.3, 0.4) is 0 Å². The quantitative estimate of drug-likeness (QED) is 0.760. The van der Waals surface area contributed by atoms with Crippen LogP contribution in [0.5, 0.6) is 0 Å². The first-order valence-electron chi connectivity index (χ1n) is 5.60. The van der Waals surface area contributed by atoms with E-state index in [0.717, 1.165) is 5.56 Å². The third kappa shape index (κ3) is 2.63. The summed E-state index contributed by atoms with van der Waals surface area (Å²) in [5, 5.41) is 3.90. The van der Waals surface area contributed by atoms with E-state index in [4.69, 9.17) is 4.52 Å². The Morgan fingerprint density at radius 1 is 1.28 bits per heavy atom. The minimum atomic E-state index is 0.490. The van der Waals surface area contributed by atoms with E-state index in [1.807, 2.05) is 31.2 Å². The van der Waals surface area contributed by atoms with Gasteiger partial charge in [0.25, 0.3) is 5.89 Å². The van der Waals surface area contributed by atoms with Gasteiger partial charge in [-0.15, -0.1) is 0 Å². The predicted molar refractivity (Wildman–Crippen MR) is 72.8 cm³/mol. The van der Waals surface area contributed by atoms with Crippen molar-refractivity contribution in [1.29, 1.82) is 0 Å². The van der Waals surface area contributed by atoms with Crippen LogP contribution in [0.4, 0.5) is 0 Å². The third-order valence-electron chi connectivity index (χ3n) is 2.45. The van der Waals surface area contributed by atoms with Crippen molar-refractivity contribution in [1.82, 2.24) is 10.1 Å². The molecule has 0 N–H and O–H groups in total. The molecule has 0 fully saturated rings. The molecule has 3 heteroatoms. The molecule has 0 saturated heterocycles. The summed E-state index contributed by atoms with van der Waals surface area (Å²) in [7, 11) is 0. The summed E-state index contributed by atoms with van der Waals surface area (Å²) in [6.07, 6.45) is 5.24. The molecule has 0 radical (unpaired) electrons. The molecular weight excluding hydrogens is 224 g/mol. The smallest absolute Gasteiger partial charge is 0.258 e. The van der Waals surface area contributed by atoms with Gasteiger partial charge in [0.1, 0.15) is 0 Å². The number of aryl methyl sites for hydroxylation is 1. The van der Waals surface area contributed by atoms with E-state index in [1.54, 1.807) is 18.2 Å². The highest BCUT2D eigenvalue weighted by Gasteiger charge is 2.09. The maximum absolute atomic E-state index is 5.21. The van der Waals surface area contributed by atoms with Crippen molar-refractivity contribution in [2.24, 2.45) is 0 Å². The lowest BCUT2D eigenvalue weighted by Crippen LogP contribution is -1.83. The molecule has 90 valence electrons. The first-order valence-corrected chi connectivity index (χ1v) is 5.60. The Labute approximate surface area is 106 Å². The highest BCUT2D eigenvalue weighted by molar-refractivity contribution is 5.68. The van der Waals surface area contributed by atoms with Crippen molar-refractivity contribution in [3.8, 4) is 11.5 Å². The van der Waals surface area contributed by atoms with Crippen LogP contribution in [0, 0.1) is 6.92 Å². The van der Waals surface area contributed by atoms with Crippen molar-refractivity contribution in [3.63, 3.8) is 0 Å². The van der Waals surface area contributed by atoms with E-state index in [1.165, 1.54) is 5.56 Å². The Morgan fingerprint density at radius 2 is 2.00 bits per heavy atom. The van der Waals surface area contributed by atoms with Crippen LogP contribution in [-0.4, -0.2) is 10.1 Å². The molecule has 0 aliphatic carbocycles. The van der Waals surface area contributed by atoms with Gasteiger partial charge >= 0.3 is 0 Å². The second-order valence-corrected chi connectivity index (χ2v) is 3.91. The largest absolute Gasteiger partial charge is 0.334 e. The summed E-state index contributed by atoms with van der Waals surface area (Å²) < 4.78 is 5.21. The monoisotopic (exact) mass is 238 g/mol. The van der Waals surface area contributed by atoms with Gasteiger partial charge in [-0.05, 0) is 19.1 Å². The lowest BCUT2D eigenvalue weighted by atomic mass is 10.1. The predicted octanol–water partition coefficient (Wildman–Crippen LogP) is 3.80. The molecule has 0 amide bonds. The van der Waals surface area contributed by atoms with Gasteiger partial charge in [-0.2, -0.15) is 4.98 Å². The lowest BCUT2D eigenvalue weighted by Gasteiger charge is -1.94. The van der Waals surface area contributed by atoms with Gasteiger partial charge in [0.2, 0.25) is 5.82 Å². The van der Waals surface area contributed by atoms with Crippen molar-refractivity contribution < 1.29 is 4.52 Å². The summed E-state index contributed by atoms with van der Waals surface area (Å²) in [6.45, 7) is 9.49. The van der Waals surface area contributed by atoms with E-state index >= 15 is 0 Å². The molecule has 0 bridgehead atoms.